The molecule has 2 heterocycles. The largest absolute Gasteiger partial charge is 0.395 e. The molecule has 172 valence electrons. The molecule has 0 amide bonds. The van der Waals surface area contributed by atoms with Crippen molar-refractivity contribution in [3.8, 4) is 0 Å². The number of fused-ring (bicyclic) bond motifs is 1. The number of H-pyrrole nitrogens is 1. The standard InChI is InChI=1S/C24H34N6O2/c1-15(2)22(23-26-27-28-30(23)20-7-5-6-8-20)29(9-10-31)14-19-13-18-11-16(3)17(4)12-21(18)25-24(19)32/h11-13,15,20,22,31H,5-10,14H2,1-4H3,(H,25,32)/t22-/m0/s1. The molecule has 0 saturated heterocycles. The fraction of sp³-hybridized carbons (Fsp3) is 0.583. The highest BCUT2D eigenvalue weighted by molar-refractivity contribution is 5.80. The molecule has 3 aromatic rings. The van der Waals surface area contributed by atoms with Crippen LogP contribution < -0.4 is 5.56 Å². The van der Waals surface area contributed by atoms with Gasteiger partial charge in [-0.05, 0) is 77.7 Å². The molecule has 0 spiro atoms. The van der Waals surface area contributed by atoms with Gasteiger partial charge in [0.15, 0.2) is 5.82 Å². The van der Waals surface area contributed by atoms with Gasteiger partial charge in [0.2, 0.25) is 0 Å². The second kappa shape index (κ2) is 9.50. The Morgan fingerprint density at radius 3 is 2.59 bits per heavy atom. The average molecular weight is 439 g/mol. The van der Waals surface area contributed by atoms with Crippen LogP contribution in [0.1, 0.15) is 74.1 Å². The summed E-state index contributed by atoms with van der Waals surface area (Å²) < 4.78 is 1.98. The number of hydrogen-bond donors (Lipinski definition) is 2. The van der Waals surface area contributed by atoms with Gasteiger partial charge in [-0.2, -0.15) is 0 Å². The summed E-state index contributed by atoms with van der Waals surface area (Å²) in [5.74, 6) is 1.03. The highest BCUT2D eigenvalue weighted by Gasteiger charge is 2.32. The normalized spacial score (nSPS) is 16.0. The summed E-state index contributed by atoms with van der Waals surface area (Å²) in [5.41, 5.74) is 3.78. The maximum Gasteiger partial charge on any atom is 0.252 e. The number of aromatic amines is 1. The van der Waals surface area contributed by atoms with Gasteiger partial charge in [-0.1, -0.05) is 26.7 Å². The molecule has 1 aromatic carbocycles. The van der Waals surface area contributed by atoms with E-state index in [1.165, 1.54) is 18.4 Å². The first-order valence-electron chi connectivity index (χ1n) is 11.6. The average Bonchev–Trinajstić information content (AvgIpc) is 3.42. The van der Waals surface area contributed by atoms with Crippen LogP contribution >= 0.6 is 0 Å². The zero-order chi connectivity index (χ0) is 22.8. The first kappa shape index (κ1) is 22.6. The zero-order valence-corrected chi connectivity index (χ0v) is 19.5. The fourth-order valence-corrected chi connectivity index (χ4v) is 4.99. The van der Waals surface area contributed by atoms with Gasteiger partial charge in [0.25, 0.3) is 5.56 Å². The van der Waals surface area contributed by atoms with E-state index in [2.05, 4.69) is 52.2 Å². The van der Waals surface area contributed by atoms with Gasteiger partial charge in [-0.25, -0.2) is 4.68 Å². The van der Waals surface area contributed by atoms with Gasteiger partial charge < -0.3 is 10.1 Å². The van der Waals surface area contributed by atoms with E-state index in [0.29, 0.717) is 24.7 Å². The fourth-order valence-electron chi connectivity index (χ4n) is 4.99. The number of hydrogen-bond acceptors (Lipinski definition) is 6. The van der Waals surface area contributed by atoms with Gasteiger partial charge in [0.1, 0.15) is 0 Å². The van der Waals surface area contributed by atoms with Crippen LogP contribution in [0.15, 0.2) is 23.0 Å². The van der Waals surface area contributed by atoms with E-state index in [-0.39, 0.29) is 24.1 Å². The monoisotopic (exact) mass is 438 g/mol. The Morgan fingerprint density at radius 2 is 1.91 bits per heavy atom. The highest BCUT2D eigenvalue weighted by Crippen LogP contribution is 2.34. The third-order valence-corrected chi connectivity index (χ3v) is 6.77. The molecular weight excluding hydrogens is 404 g/mol. The quantitative estimate of drug-likeness (QED) is 0.559. The summed E-state index contributed by atoms with van der Waals surface area (Å²) in [4.78, 5) is 18.1. The Labute approximate surface area is 188 Å². The second-order valence-corrected chi connectivity index (χ2v) is 9.45. The van der Waals surface area contributed by atoms with Crippen molar-refractivity contribution in [2.75, 3.05) is 13.2 Å². The van der Waals surface area contributed by atoms with Crippen LogP contribution in [0, 0.1) is 19.8 Å². The maximum atomic E-state index is 12.9. The molecule has 32 heavy (non-hydrogen) atoms. The number of benzene rings is 1. The molecule has 0 unspecified atom stereocenters. The van der Waals surface area contributed by atoms with Crippen LogP contribution in [-0.2, 0) is 6.54 Å². The number of tetrazole rings is 1. The number of aromatic nitrogens is 5. The molecule has 1 atom stereocenters. The van der Waals surface area contributed by atoms with Crippen molar-refractivity contribution in [3.63, 3.8) is 0 Å². The number of aliphatic hydroxyl groups excluding tert-OH is 1. The predicted molar refractivity (Wildman–Crippen MR) is 124 cm³/mol. The van der Waals surface area contributed by atoms with Crippen LogP contribution in [0.5, 0.6) is 0 Å². The van der Waals surface area contributed by atoms with Gasteiger partial charge >= 0.3 is 0 Å². The minimum absolute atomic E-state index is 0.00198. The van der Waals surface area contributed by atoms with Gasteiger partial charge in [-0.15, -0.1) is 5.10 Å². The third-order valence-electron chi connectivity index (χ3n) is 6.77. The lowest BCUT2D eigenvalue weighted by Gasteiger charge is -2.33. The Balaban J connectivity index is 1.71. The van der Waals surface area contributed by atoms with Crippen molar-refractivity contribution in [2.45, 2.75) is 72.0 Å². The second-order valence-electron chi connectivity index (χ2n) is 9.45. The van der Waals surface area contributed by atoms with Crippen molar-refractivity contribution >= 4 is 10.9 Å². The summed E-state index contributed by atoms with van der Waals surface area (Å²) in [5, 5.41) is 23.6. The molecule has 1 aliphatic rings. The molecule has 1 aliphatic carbocycles. The van der Waals surface area contributed by atoms with E-state index < -0.39 is 0 Å². The SMILES string of the molecule is Cc1cc2cc(CN(CCO)[C@H](c3nnnn3C3CCCC3)C(C)C)c(=O)[nH]c2cc1C. The summed E-state index contributed by atoms with van der Waals surface area (Å²) in [7, 11) is 0. The predicted octanol–water partition coefficient (Wildman–Crippen LogP) is 3.44. The number of pyridine rings is 1. The molecule has 1 saturated carbocycles. The minimum Gasteiger partial charge on any atom is -0.395 e. The Hall–Kier alpha value is -2.58. The smallest absolute Gasteiger partial charge is 0.252 e. The molecular formula is C24H34N6O2. The molecule has 0 bridgehead atoms. The lowest BCUT2D eigenvalue weighted by atomic mass is 9.99. The first-order valence-corrected chi connectivity index (χ1v) is 11.6. The van der Waals surface area contributed by atoms with Crippen molar-refractivity contribution in [1.82, 2.24) is 30.1 Å². The lowest BCUT2D eigenvalue weighted by Crippen LogP contribution is -2.37. The van der Waals surface area contributed by atoms with Crippen molar-refractivity contribution in [1.29, 1.82) is 0 Å². The zero-order valence-electron chi connectivity index (χ0n) is 19.5. The molecule has 8 heteroatoms. The molecule has 2 aromatic heterocycles. The highest BCUT2D eigenvalue weighted by atomic mass is 16.3. The number of nitrogens with one attached hydrogen (secondary N) is 1. The van der Waals surface area contributed by atoms with Gasteiger partial charge in [0, 0.05) is 24.2 Å². The maximum absolute atomic E-state index is 12.9. The van der Waals surface area contributed by atoms with E-state index in [1.54, 1.807) is 0 Å². The van der Waals surface area contributed by atoms with E-state index in [9.17, 15) is 9.90 Å². The Bertz CT molecular complexity index is 1130. The molecule has 8 nitrogen and oxygen atoms in total. The molecule has 0 aliphatic heterocycles. The van der Waals surface area contributed by atoms with Crippen LogP contribution in [-0.4, -0.2) is 48.3 Å². The summed E-state index contributed by atoms with van der Waals surface area (Å²) in [6.45, 7) is 9.25. The molecule has 0 radical (unpaired) electrons. The first-order chi connectivity index (χ1) is 15.4. The van der Waals surface area contributed by atoms with Crippen LogP contribution in [0.25, 0.3) is 10.9 Å². The molecule has 4 rings (SSSR count). The van der Waals surface area contributed by atoms with Gasteiger partial charge in [0.05, 0.1) is 18.7 Å². The van der Waals surface area contributed by atoms with Crippen LogP contribution in [0.2, 0.25) is 0 Å². The number of rotatable bonds is 8. The van der Waals surface area contributed by atoms with E-state index in [0.717, 1.165) is 35.1 Å². The minimum atomic E-state index is -0.104. The van der Waals surface area contributed by atoms with E-state index >= 15 is 0 Å². The topological polar surface area (TPSA) is 99.9 Å². The number of aliphatic hydroxyl groups is 1. The number of aryl methyl sites for hydroxylation is 2. The Kier molecular flexibility index (Phi) is 6.71. The van der Waals surface area contributed by atoms with Crippen molar-refractivity contribution < 1.29 is 5.11 Å². The molecule has 1 fully saturated rings. The van der Waals surface area contributed by atoms with Gasteiger partial charge in [-0.3, -0.25) is 9.69 Å². The van der Waals surface area contributed by atoms with E-state index in [1.807, 2.05) is 23.7 Å². The van der Waals surface area contributed by atoms with Crippen LogP contribution in [0.4, 0.5) is 0 Å². The Morgan fingerprint density at radius 1 is 1.19 bits per heavy atom. The van der Waals surface area contributed by atoms with E-state index in [4.69, 9.17) is 0 Å². The molecule has 2 N–H and O–H groups in total. The number of nitrogens with zero attached hydrogens (tertiary/aromatic N) is 5. The van der Waals surface area contributed by atoms with Crippen molar-refractivity contribution in [2.24, 2.45) is 5.92 Å². The van der Waals surface area contributed by atoms with Crippen LogP contribution in [0.3, 0.4) is 0 Å². The van der Waals surface area contributed by atoms with Crippen molar-refractivity contribution in [3.05, 3.63) is 51.1 Å². The summed E-state index contributed by atoms with van der Waals surface area (Å²) in [6.07, 6.45) is 4.57. The lowest BCUT2D eigenvalue weighted by molar-refractivity contribution is 0.104. The summed E-state index contributed by atoms with van der Waals surface area (Å²) in [6, 6.07) is 6.33. The summed E-state index contributed by atoms with van der Waals surface area (Å²) >= 11 is 0. The third kappa shape index (κ3) is 4.47.